The molecule has 0 saturated heterocycles. The van der Waals surface area contributed by atoms with Crippen molar-refractivity contribution in [1.29, 1.82) is 0 Å². The summed E-state index contributed by atoms with van der Waals surface area (Å²) in [5.74, 6) is 0. The first-order valence-electron chi connectivity index (χ1n) is 22.0. The molecule has 296 valence electrons. The van der Waals surface area contributed by atoms with Crippen LogP contribution in [0.15, 0.2) is 218 Å². The largest absolute Gasteiger partial charge is 0.311 e. The third kappa shape index (κ3) is 5.31. The molecule has 63 heavy (non-hydrogen) atoms. The third-order valence-electron chi connectivity index (χ3n) is 13.9. The van der Waals surface area contributed by atoms with Gasteiger partial charge in [0.05, 0.1) is 11.0 Å². The second-order valence-electron chi connectivity index (χ2n) is 17.7. The zero-order chi connectivity index (χ0) is 41.8. The molecule has 0 saturated carbocycles. The number of hydrogen-bond acceptors (Lipinski definition) is 1. The molecular weight excluding hydrogens is 761 g/mol. The van der Waals surface area contributed by atoms with Gasteiger partial charge >= 0.3 is 0 Å². The molecule has 0 spiro atoms. The molecule has 12 aromatic rings. The average Bonchev–Trinajstić information content (AvgIpc) is 3.79. The quantitative estimate of drug-likeness (QED) is 0.152. The molecule has 0 N–H and O–H groups in total. The van der Waals surface area contributed by atoms with Gasteiger partial charge in [-0.25, -0.2) is 0 Å². The van der Waals surface area contributed by atoms with Crippen LogP contribution in [0.5, 0.6) is 0 Å². The second kappa shape index (κ2) is 13.5. The van der Waals surface area contributed by atoms with Crippen molar-refractivity contribution in [3.8, 4) is 39.1 Å². The van der Waals surface area contributed by atoms with Gasteiger partial charge in [0.2, 0.25) is 0 Å². The van der Waals surface area contributed by atoms with Crippen LogP contribution in [0.4, 0.5) is 17.1 Å². The van der Waals surface area contributed by atoms with Gasteiger partial charge in [-0.1, -0.05) is 166 Å². The number of para-hydroxylation sites is 3. The predicted octanol–water partition coefficient (Wildman–Crippen LogP) is 16.8. The van der Waals surface area contributed by atoms with E-state index < -0.39 is 0 Å². The molecule has 0 fully saturated rings. The van der Waals surface area contributed by atoms with Crippen molar-refractivity contribution in [2.24, 2.45) is 0 Å². The highest BCUT2D eigenvalue weighted by Crippen LogP contribution is 2.50. The average molecular weight is 803 g/mol. The number of aromatic nitrogens is 1. The minimum atomic E-state index is -0.0586. The van der Waals surface area contributed by atoms with Crippen molar-refractivity contribution in [3.63, 3.8) is 0 Å². The standard InChI is InChI=1S/C61H42N2/c1-61(2)54-21-13-12-20-49(54)50-32-27-41(36-55(50)61)42-28-33-52-56(37-42)63(46-18-10-5-11-19-46)57-38-43-23-22-40-26-31-48(51-34-35-53(60(52)57)59(43)58(40)51)39-24-29-47(30-25-39)62(44-14-6-3-7-15-44)45-16-8-4-9-17-45/h3-38H,1-2H3. The Morgan fingerprint density at radius 3 is 1.65 bits per heavy atom. The van der Waals surface area contributed by atoms with E-state index in [0.717, 1.165) is 22.7 Å². The van der Waals surface area contributed by atoms with Gasteiger partial charge in [-0.15, -0.1) is 0 Å². The first-order chi connectivity index (χ1) is 31.0. The van der Waals surface area contributed by atoms with Crippen LogP contribution in [0.3, 0.4) is 0 Å². The Bertz CT molecular complexity index is 3690. The second-order valence-corrected chi connectivity index (χ2v) is 17.7. The van der Waals surface area contributed by atoms with Crippen molar-refractivity contribution in [1.82, 2.24) is 4.57 Å². The zero-order valence-corrected chi connectivity index (χ0v) is 35.2. The first kappa shape index (κ1) is 35.8. The molecule has 1 aliphatic rings. The van der Waals surface area contributed by atoms with Crippen LogP contribution in [-0.4, -0.2) is 4.57 Å². The molecular formula is C61H42N2. The lowest BCUT2D eigenvalue weighted by atomic mass is 9.81. The van der Waals surface area contributed by atoms with Crippen molar-refractivity contribution >= 4 is 71.2 Å². The number of fused-ring (bicyclic) bond motifs is 7. The van der Waals surface area contributed by atoms with Crippen LogP contribution < -0.4 is 4.90 Å². The third-order valence-corrected chi connectivity index (χ3v) is 13.9. The van der Waals surface area contributed by atoms with Gasteiger partial charge in [0, 0.05) is 38.9 Å². The summed E-state index contributed by atoms with van der Waals surface area (Å²) in [4.78, 5) is 2.32. The Morgan fingerprint density at radius 2 is 0.889 bits per heavy atom. The topological polar surface area (TPSA) is 8.17 Å². The van der Waals surface area contributed by atoms with Crippen molar-refractivity contribution < 1.29 is 0 Å². The number of rotatable bonds is 6. The van der Waals surface area contributed by atoms with E-state index in [9.17, 15) is 0 Å². The molecule has 1 aliphatic carbocycles. The predicted molar refractivity (Wildman–Crippen MR) is 268 cm³/mol. The molecule has 0 atom stereocenters. The lowest BCUT2D eigenvalue weighted by Gasteiger charge is -2.25. The summed E-state index contributed by atoms with van der Waals surface area (Å²) in [6.07, 6.45) is 0. The summed E-state index contributed by atoms with van der Waals surface area (Å²) in [5.41, 5.74) is 17.4. The SMILES string of the molecule is CC1(C)c2ccccc2-c2ccc(-c3ccc4c5c6ccc7c(-c8ccc(N(c9ccccc9)c9ccccc9)cc8)ccc8ccc(cc5n(-c5ccccc5)c4c3)c6c87)cc21. The summed E-state index contributed by atoms with van der Waals surface area (Å²) in [6.45, 7) is 4.73. The molecule has 0 radical (unpaired) electrons. The first-order valence-corrected chi connectivity index (χ1v) is 22.0. The molecule has 13 rings (SSSR count). The Balaban J connectivity index is 0.983. The van der Waals surface area contributed by atoms with Crippen molar-refractivity contribution in [3.05, 3.63) is 230 Å². The number of nitrogens with zero attached hydrogens (tertiary/aromatic N) is 2. The highest BCUT2D eigenvalue weighted by atomic mass is 15.1. The molecule has 0 unspecified atom stereocenters. The molecule has 0 bridgehead atoms. The number of anilines is 3. The van der Waals surface area contributed by atoms with E-state index in [1.807, 2.05) is 0 Å². The normalized spacial score (nSPS) is 13.0. The number of benzene rings is 11. The van der Waals surface area contributed by atoms with E-state index in [4.69, 9.17) is 0 Å². The highest BCUT2D eigenvalue weighted by molar-refractivity contribution is 6.34. The maximum atomic E-state index is 2.48. The fraction of sp³-hybridized carbons (Fsp3) is 0.0492. The van der Waals surface area contributed by atoms with Crippen LogP contribution in [-0.2, 0) is 5.41 Å². The van der Waals surface area contributed by atoms with Crippen LogP contribution in [0, 0.1) is 0 Å². The van der Waals surface area contributed by atoms with Gasteiger partial charge in [0.1, 0.15) is 0 Å². The van der Waals surface area contributed by atoms with Crippen molar-refractivity contribution in [2.45, 2.75) is 19.3 Å². The van der Waals surface area contributed by atoms with Crippen LogP contribution in [0.2, 0.25) is 0 Å². The minimum Gasteiger partial charge on any atom is -0.311 e. The Morgan fingerprint density at radius 1 is 0.349 bits per heavy atom. The highest BCUT2D eigenvalue weighted by Gasteiger charge is 2.35. The number of hydrogen-bond donors (Lipinski definition) is 0. The maximum Gasteiger partial charge on any atom is 0.0553 e. The monoisotopic (exact) mass is 802 g/mol. The van der Waals surface area contributed by atoms with Crippen LogP contribution in [0.25, 0.3) is 93.2 Å². The zero-order valence-electron chi connectivity index (χ0n) is 35.2. The van der Waals surface area contributed by atoms with E-state index in [0.29, 0.717) is 0 Å². The van der Waals surface area contributed by atoms with E-state index in [2.05, 4.69) is 242 Å². The van der Waals surface area contributed by atoms with Crippen molar-refractivity contribution in [2.75, 3.05) is 4.90 Å². The van der Waals surface area contributed by atoms with Gasteiger partial charge in [-0.2, -0.15) is 0 Å². The summed E-state index contributed by atoms with van der Waals surface area (Å²) in [6, 6.07) is 80.7. The molecule has 11 aromatic carbocycles. The fourth-order valence-corrected chi connectivity index (χ4v) is 10.9. The summed E-state index contributed by atoms with van der Waals surface area (Å²) < 4.78 is 2.48. The maximum absolute atomic E-state index is 2.48. The smallest absolute Gasteiger partial charge is 0.0553 e. The molecule has 1 aromatic heterocycles. The van der Waals surface area contributed by atoms with Crippen LogP contribution in [0.1, 0.15) is 25.0 Å². The molecule has 2 heteroatoms. The summed E-state index contributed by atoms with van der Waals surface area (Å²) in [5, 5.41) is 10.3. The van der Waals surface area contributed by atoms with Crippen LogP contribution >= 0.6 is 0 Å². The van der Waals surface area contributed by atoms with E-state index in [-0.39, 0.29) is 5.41 Å². The Kier molecular flexibility index (Phi) is 7.68. The minimum absolute atomic E-state index is 0.0586. The van der Waals surface area contributed by atoms with Gasteiger partial charge < -0.3 is 9.47 Å². The summed E-state index contributed by atoms with van der Waals surface area (Å²) >= 11 is 0. The van der Waals surface area contributed by atoms with E-state index >= 15 is 0 Å². The van der Waals surface area contributed by atoms with Gasteiger partial charge in [-0.3, -0.25) is 0 Å². The Hall–Kier alpha value is -7.94. The summed E-state index contributed by atoms with van der Waals surface area (Å²) in [7, 11) is 0. The Labute approximate surface area is 366 Å². The molecule has 0 aliphatic heterocycles. The fourth-order valence-electron chi connectivity index (χ4n) is 10.9. The van der Waals surface area contributed by atoms with E-state index in [1.54, 1.807) is 0 Å². The molecule has 2 nitrogen and oxygen atoms in total. The lowest BCUT2D eigenvalue weighted by molar-refractivity contribution is 0.660. The molecule has 1 heterocycles. The molecule has 0 amide bonds. The van der Waals surface area contributed by atoms with Gasteiger partial charge in [0.25, 0.3) is 0 Å². The van der Waals surface area contributed by atoms with Gasteiger partial charge in [-0.05, 0) is 144 Å². The van der Waals surface area contributed by atoms with Gasteiger partial charge in [0.15, 0.2) is 0 Å². The van der Waals surface area contributed by atoms with E-state index in [1.165, 1.54) is 98.6 Å². The lowest BCUT2D eigenvalue weighted by Crippen LogP contribution is -2.14.